The predicted octanol–water partition coefficient (Wildman–Crippen LogP) is 5.37. The van der Waals surface area contributed by atoms with Crippen molar-refractivity contribution in [3.63, 3.8) is 0 Å². The van der Waals surface area contributed by atoms with Crippen LogP contribution in [0.25, 0.3) is 0 Å². The van der Waals surface area contributed by atoms with E-state index in [1.165, 1.54) is 6.21 Å². The lowest BCUT2D eigenvalue weighted by atomic mass is 9.85. The van der Waals surface area contributed by atoms with Crippen molar-refractivity contribution >= 4 is 52.8 Å². The molecule has 31 heavy (non-hydrogen) atoms. The van der Waals surface area contributed by atoms with Gasteiger partial charge in [-0.3, -0.25) is 9.59 Å². The van der Waals surface area contributed by atoms with Crippen molar-refractivity contribution in [1.29, 1.82) is 0 Å². The molecule has 5 rings (SSSR count). The van der Waals surface area contributed by atoms with E-state index in [1.54, 1.807) is 30.3 Å². The van der Waals surface area contributed by atoms with Crippen LogP contribution in [-0.2, 0) is 16.2 Å². The van der Waals surface area contributed by atoms with Crippen LogP contribution in [0, 0.1) is 23.7 Å². The predicted molar refractivity (Wildman–Crippen MR) is 119 cm³/mol. The number of amides is 2. The van der Waals surface area contributed by atoms with Gasteiger partial charge in [0.05, 0.1) is 33.1 Å². The summed E-state index contributed by atoms with van der Waals surface area (Å²) in [6.45, 7) is 0.278. The van der Waals surface area contributed by atoms with Gasteiger partial charge in [0, 0.05) is 0 Å². The van der Waals surface area contributed by atoms with Gasteiger partial charge in [-0.1, -0.05) is 53.0 Å². The molecule has 2 bridgehead atoms. The average molecular weight is 476 g/mol. The van der Waals surface area contributed by atoms with Gasteiger partial charge in [0.2, 0.25) is 0 Å². The normalized spacial score (nSPS) is 26.4. The molecule has 2 aromatic rings. The second-order valence-electron chi connectivity index (χ2n) is 7.96. The third-order valence-corrected chi connectivity index (χ3v) is 7.14. The van der Waals surface area contributed by atoms with Gasteiger partial charge in [-0.2, -0.15) is 10.1 Å². The number of carbonyl (C=O) groups excluding carboxylic acids is 2. The van der Waals surface area contributed by atoms with Crippen molar-refractivity contribution < 1.29 is 14.3 Å². The second-order valence-corrected chi connectivity index (χ2v) is 9.18. The highest BCUT2D eigenvalue weighted by Gasteiger charge is 2.59. The summed E-state index contributed by atoms with van der Waals surface area (Å²) in [6.07, 6.45) is 6.48. The number of nitrogens with zero attached hydrogens (tertiary/aromatic N) is 2. The Balaban J connectivity index is 1.26. The molecule has 1 heterocycles. The Bertz CT molecular complexity index is 1120. The summed E-state index contributed by atoms with van der Waals surface area (Å²) in [5.74, 6) is -0.135. The summed E-state index contributed by atoms with van der Waals surface area (Å²) in [5, 5.41) is 6.52. The Kier molecular flexibility index (Phi) is 5.29. The zero-order chi connectivity index (χ0) is 21.7. The van der Waals surface area contributed by atoms with E-state index in [0.29, 0.717) is 26.4 Å². The Morgan fingerprint density at radius 3 is 2.29 bits per heavy atom. The maximum Gasteiger partial charge on any atom is 0.254 e. The molecule has 158 valence electrons. The molecule has 1 saturated carbocycles. The first kappa shape index (κ1) is 20.6. The number of halogens is 3. The van der Waals surface area contributed by atoms with E-state index in [1.807, 2.05) is 6.07 Å². The summed E-state index contributed by atoms with van der Waals surface area (Å²) in [5.41, 5.74) is 1.52. The largest absolute Gasteiger partial charge is 0.487 e. The van der Waals surface area contributed by atoms with Crippen molar-refractivity contribution in [2.75, 3.05) is 0 Å². The molecule has 2 amide bonds. The molecular weight excluding hydrogens is 459 g/mol. The molecule has 0 spiro atoms. The lowest BCUT2D eigenvalue weighted by Crippen LogP contribution is -2.28. The van der Waals surface area contributed by atoms with Crippen LogP contribution in [0.2, 0.25) is 15.1 Å². The molecule has 8 heteroatoms. The van der Waals surface area contributed by atoms with Crippen LogP contribution in [0.4, 0.5) is 0 Å². The minimum atomic E-state index is -0.264. The Labute approximate surface area is 194 Å². The maximum atomic E-state index is 12.7. The number of fused-ring (bicyclic) bond motifs is 5. The number of benzene rings is 2. The molecule has 0 unspecified atom stereocenters. The van der Waals surface area contributed by atoms with E-state index in [4.69, 9.17) is 39.5 Å². The van der Waals surface area contributed by atoms with Crippen LogP contribution in [0.3, 0.4) is 0 Å². The minimum Gasteiger partial charge on any atom is -0.487 e. The first-order valence-corrected chi connectivity index (χ1v) is 11.0. The van der Waals surface area contributed by atoms with Crippen LogP contribution in [0.1, 0.15) is 17.5 Å². The summed E-state index contributed by atoms with van der Waals surface area (Å²) in [6, 6.07) is 10.4. The van der Waals surface area contributed by atoms with Crippen LogP contribution in [-0.4, -0.2) is 23.0 Å². The van der Waals surface area contributed by atoms with Crippen LogP contribution >= 0.6 is 34.8 Å². The van der Waals surface area contributed by atoms with E-state index in [2.05, 4.69) is 17.3 Å². The Morgan fingerprint density at radius 1 is 0.935 bits per heavy atom. The summed E-state index contributed by atoms with van der Waals surface area (Å²) in [7, 11) is 0. The molecule has 0 N–H and O–H groups in total. The number of ether oxygens (including phenoxy) is 1. The topological polar surface area (TPSA) is 59.0 Å². The summed E-state index contributed by atoms with van der Waals surface area (Å²) < 4.78 is 5.76. The van der Waals surface area contributed by atoms with E-state index in [0.717, 1.165) is 17.0 Å². The standard InChI is InChI=1S/C23H17Cl3N2O3/c24-16-5-1-13(8-17(16)25)11-31-19-6-2-12(7-18(19)26)10-27-28-22(29)20-14-3-4-15(9-14)21(20)23(28)30/h1-8,10,14-15,20-21H,9,11H2/t14-,15-,20-,21+/m0/s1. The molecule has 4 atom stereocenters. The van der Waals surface area contributed by atoms with Gasteiger partial charge in [0.1, 0.15) is 12.4 Å². The average Bonchev–Trinajstić information content (AvgIpc) is 3.43. The lowest BCUT2D eigenvalue weighted by Gasteiger charge is -2.13. The van der Waals surface area contributed by atoms with Crippen molar-refractivity contribution in [1.82, 2.24) is 5.01 Å². The molecule has 0 aromatic heterocycles. The third kappa shape index (κ3) is 3.65. The first-order chi connectivity index (χ1) is 14.9. The molecular formula is C23H17Cl3N2O3. The number of hydrazone groups is 1. The van der Waals surface area contributed by atoms with Gasteiger partial charge in [0.15, 0.2) is 0 Å². The quantitative estimate of drug-likeness (QED) is 0.332. The number of allylic oxidation sites excluding steroid dienone is 2. The van der Waals surface area contributed by atoms with Gasteiger partial charge in [-0.05, 0) is 59.7 Å². The van der Waals surface area contributed by atoms with E-state index < -0.39 is 0 Å². The SMILES string of the molecule is O=C1[C@@H]2[C@H](C(=O)N1N=Cc1ccc(OCc3ccc(Cl)c(Cl)c3)c(Cl)c1)[C@H]1C=C[C@H]2C1. The van der Waals surface area contributed by atoms with Crippen molar-refractivity contribution in [2.24, 2.45) is 28.8 Å². The zero-order valence-electron chi connectivity index (χ0n) is 16.2. The number of hydrogen-bond acceptors (Lipinski definition) is 4. The number of carbonyl (C=O) groups is 2. The highest BCUT2D eigenvalue weighted by molar-refractivity contribution is 6.42. The molecule has 1 aliphatic heterocycles. The van der Waals surface area contributed by atoms with Gasteiger partial charge in [-0.15, -0.1) is 0 Å². The van der Waals surface area contributed by atoms with Gasteiger partial charge in [-0.25, -0.2) is 0 Å². The number of rotatable bonds is 5. The number of imide groups is 1. The summed E-state index contributed by atoms with van der Waals surface area (Å²) >= 11 is 18.3. The second kappa shape index (κ2) is 7.97. The highest BCUT2D eigenvalue weighted by atomic mass is 35.5. The van der Waals surface area contributed by atoms with Crippen LogP contribution < -0.4 is 4.74 Å². The van der Waals surface area contributed by atoms with E-state index in [-0.39, 0.29) is 42.1 Å². The van der Waals surface area contributed by atoms with Crippen molar-refractivity contribution in [3.05, 3.63) is 74.7 Å². The summed E-state index contributed by atoms with van der Waals surface area (Å²) in [4.78, 5) is 25.4. The van der Waals surface area contributed by atoms with Gasteiger partial charge in [0.25, 0.3) is 11.8 Å². The molecule has 2 aromatic carbocycles. The minimum absolute atomic E-state index is 0.160. The van der Waals surface area contributed by atoms with Crippen molar-refractivity contribution in [3.8, 4) is 5.75 Å². The molecule has 5 nitrogen and oxygen atoms in total. The highest BCUT2D eigenvalue weighted by Crippen LogP contribution is 2.52. The van der Waals surface area contributed by atoms with Gasteiger partial charge >= 0.3 is 0 Å². The fourth-order valence-electron chi connectivity index (χ4n) is 4.63. The lowest BCUT2D eigenvalue weighted by molar-refractivity contribution is -0.140. The van der Waals surface area contributed by atoms with E-state index >= 15 is 0 Å². The Hall–Kier alpha value is -2.34. The fourth-order valence-corrected chi connectivity index (χ4v) is 5.19. The van der Waals surface area contributed by atoms with Crippen LogP contribution in [0.15, 0.2) is 53.7 Å². The smallest absolute Gasteiger partial charge is 0.254 e. The maximum absolute atomic E-state index is 12.7. The zero-order valence-corrected chi connectivity index (χ0v) is 18.4. The third-order valence-electron chi connectivity index (χ3n) is 6.10. The number of hydrogen-bond donors (Lipinski definition) is 0. The fraction of sp³-hybridized carbons (Fsp3) is 0.261. The van der Waals surface area contributed by atoms with Gasteiger partial charge < -0.3 is 4.74 Å². The first-order valence-electron chi connectivity index (χ1n) is 9.89. The Morgan fingerprint density at radius 2 is 1.65 bits per heavy atom. The molecule has 2 fully saturated rings. The molecule has 3 aliphatic rings. The van der Waals surface area contributed by atoms with Crippen LogP contribution in [0.5, 0.6) is 5.75 Å². The molecule has 2 aliphatic carbocycles. The monoisotopic (exact) mass is 474 g/mol. The van der Waals surface area contributed by atoms with E-state index in [9.17, 15) is 9.59 Å². The molecule has 0 radical (unpaired) electrons. The van der Waals surface area contributed by atoms with Crippen molar-refractivity contribution in [2.45, 2.75) is 13.0 Å². The molecule has 1 saturated heterocycles.